The number of halogens is 1. The van der Waals surface area contributed by atoms with E-state index in [1.165, 1.54) is 6.20 Å². The molecule has 1 amide bonds. The lowest BCUT2D eigenvalue weighted by molar-refractivity contribution is -0.119. The molecule has 0 saturated heterocycles. The molecule has 5 nitrogen and oxygen atoms in total. The minimum atomic E-state index is -0.572. The van der Waals surface area contributed by atoms with Gasteiger partial charge in [0.1, 0.15) is 0 Å². The van der Waals surface area contributed by atoms with Crippen molar-refractivity contribution in [3.8, 4) is 11.1 Å². The van der Waals surface area contributed by atoms with Gasteiger partial charge in [0.25, 0.3) is 5.91 Å². The molecule has 3 aromatic rings. The summed E-state index contributed by atoms with van der Waals surface area (Å²) in [6.45, 7) is -0.423. The van der Waals surface area contributed by atoms with Crippen molar-refractivity contribution in [1.82, 2.24) is 4.98 Å². The summed E-state index contributed by atoms with van der Waals surface area (Å²) < 4.78 is 5.15. The van der Waals surface area contributed by atoms with Crippen LogP contribution in [0.25, 0.3) is 11.1 Å². The Balaban J connectivity index is 1.68. The summed E-state index contributed by atoms with van der Waals surface area (Å²) in [6, 6.07) is 19.8. The van der Waals surface area contributed by atoms with Gasteiger partial charge >= 0.3 is 5.97 Å². The van der Waals surface area contributed by atoms with Crippen LogP contribution in [0.2, 0.25) is 5.15 Å². The maximum absolute atomic E-state index is 12.4. The molecular formula is C20H15ClN2O3. The van der Waals surface area contributed by atoms with Crippen molar-refractivity contribution in [2.75, 3.05) is 11.9 Å². The first-order valence-electron chi connectivity index (χ1n) is 7.87. The van der Waals surface area contributed by atoms with Crippen molar-refractivity contribution in [1.29, 1.82) is 0 Å². The van der Waals surface area contributed by atoms with E-state index in [0.29, 0.717) is 11.3 Å². The van der Waals surface area contributed by atoms with Crippen LogP contribution in [-0.4, -0.2) is 23.5 Å². The van der Waals surface area contributed by atoms with Crippen LogP contribution in [0, 0.1) is 0 Å². The summed E-state index contributed by atoms with van der Waals surface area (Å²) in [4.78, 5) is 28.3. The van der Waals surface area contributed by atoms with Gasteiger partial charge in [-0.25, -0.2) is 9.78 Å². The predicted molar refractivity (Wildman–Crippen MR) is 100 cm³/mol. The lowest BCUT2D eigenvalue weighted by Gasteiger charge is -2.10. The van der Waals surface area contributed by atoms with Gasteiger partial charge in [0.15, 0.2) is 11.8 Å². The molecule has 6 heteroatoms. The van der Waals surface area contributed by atoms with E-state index >= 15 is 0 Å². The largest absolute Gasteiger partial charge is 0.452 e. The van der Waals surface area contributed by atoms with E-state index in [0.717, 1.165) is 11.1 Å². The minimum absolute atomic E-state index is 0.168. The highest BCUT2D eigenvalue weighted by Gasteiger charge is 2.15. The van der Waals surface area contributed by atoms with Crippen LogP contribution < -0.4 is 5.32 Å². The van der Waals surface area contributed by atoms with E-state index in [-0.39, 0.29) is 5.15 Å². The molecule has 0 aliphatic carbocycles. The van der Waals surface area contributed by atoms with Gasteiger partial charge in [0.05, 0.1) is 11.3 Å². The van der Waals surface area contributed by atoms with Gasteiger partial charge < -0.3 is 10.1 Å². The lowest BCUT2D eigenvalue weighted by atomic mass is 10.00. The van der Waals surface area contributed by atoms with E-state index in [9.17, 15) is 9.59 Å². The molecule has 0 atom stereocenters. The Morgan fingerprint density at radius 1 is 0.962 bits per heavy atom. The normalized spacial score (nSPS) is 10.2. The summed E-state index contributed by atoms with van der Waals surface area (Å²) >= 11 is 5.88. The molecular weight excluding hydrogens is 352 g/mol. The summed E-state index contributed by atoms with van der Waals surface area (Å²) in [7, 11) is 0. The highest BCUT2D eigenvalue weighted by atomic mass is 35.5. The summed E-state index contributed by atoms with van der Waals surface area (Å²) in [6.07, 6.45) is 1.51. The molecule has 0 saturated carbocycles. The Morgan fingerprint density at radius 2 is 1.69 bits per heavy atom. The topological polar surface area (TPSA) is 68.3 Å². The Morgan fingerprint density at radius 3 is 2.46 bits per heavy atom. The zero-order valence-electron chi connectivity index (χ0n) is 13.7. The van der Waals surface area contributed by atoms with E-state index in [2.05, 4.69) is 10.3 Å². The number of esters is 1. The number of carbonyl (C=O) groups excluding carboxylic acids is 2. The lowest BCUT2D eigenvalue weighted by Crippen LogP contribution is -2.21. The highest BCUT2D eigenvalue weighted by Crippen LogP contribution is 2.24. The summed E-state index contributed by atoms with van der Waals surface area (Å²) in [5.74, 6) is -1.07. The zero-order valence-corrected chi connectivity index (χ0v) is 14.4. The molecule has 26 heavy (non-hydrogen) atoms. The van der Waals surface area contributed by atoms with Crippen LogP contribution in [0.1, 0.15) is 10.4 Å². The third-order valence-electron chi connectivity index (χ3n) is 3.60. The number of amides is 1. The fourth-order valence-electron chi connectivity index (χ4n) is 2.40. The zero-order chi connectivity index (χ0) is 18.4. The van der Waals surface area contributed by atoms with Crippen molar-refractivity contribution in [2.45, 2.75) is 0 Å². The number of pyridine rings is 1. The van der Waals surface area contributed by atoms with E-state index in [1.807, 2.05) is 42.5 Å². The Kier molecular flexibility index (Phi) is 5.61. The van der Waals surface area contributed by atoms with Crippen LogP contribution in [0.3, 0.4) is 0 Å². The number of hydrogen-bond donors (Lipinski definition) is 1. The fraction of sp³-hybridized carbons (Fsp3) is 0.0500. The fourth-order valence-corrected chi connectivity index (χ4v) is 2.57. The van der Waals surface area contributed by atoms with Crippen LogP contribution in [0.4, 0.5) is 5.69 Å². The average molecular weight is 367 g/mol. The Labute approximate surface area is 155 Å². The molecule has 130 valence electrons. The quantitative estimate of drug-likeness (QED) is 0.543. The standard InChI is InChI=1S/C20H15ClN2O3/c21-19-17(11-6-12-22-19)23-18(24)13-26-20(25)16-10-5-4-9-15(16)14-7-2-1-3-8-14/h1-12H,13H2,(H,23,24). The second-order valence-electron chi connectivity index (χ2n) is 5.38. The molecule has 0 fully saturated rings. The van der Waals surface area contributed by atoms with Crippen molar-refractivity contribution in [3.63, 3.8) is 0 Å². The summed E-state index contributed by atoms with van der Waals surface area (Å²) in [5.41, 5.74) is 2.39. The van der Waals surface area contributed by atoms with Gasteiger partial charge in [-0.3, -0.25) is 4.79 Å². The van der Waals surface area contributed by atoms with Gasteiger partial charge in [0.2, 0.25) is 0 Å². The number of ether oxygens (including phenoxy) is 1. The number of benzene rings is 2. The van der Waals surface area contributed by atoms with Gasteiger partial charge in [-0.15, -0.1) is 0 Å². The third-order valence-corrected chi connectivity index (χ3v) is 3.90. The number of aromatic nitrogens is 1. The first-order chi connectivity index (χ1) is 12.6. The molecule has 0 spiro atoms. The number of hydrogen-bond acceptors (Lipinski definition) is 4. The molecule has 2 aromatic carbocycles. The van der Waals surface area contributed by atoms with Gasteiger partial charge in [0, 0.05) is 6.20 Å². The molecule has 1 N–H and O–H groups in total. The van der Waals surface area contributed by atoms with Crippen molar-refractivity contribution >= 4 is 29.2 Å². The molecule has 0 radical (unpaired) electrons. The highest BCUT2D eigenvalue weighted by molar-refractivity contribution is 6.32. The molecule has 0 aliphatic rings. The van der Waals surface area contributed by atoms with E-state index in [4.69, 9.17) is 16.3 Å². The van der Waals surface area contributed by atoms with Gasteiger partial charge in [-0.2, -0.15) is 0 Å². The van der Waals surface area contributed by atoms with Gasteiger partial charge in [-0.05, 0) is 29.3 Å². The Bertz CT molecular complexity index is 929. The maximum Gasteiger partial charge on any atom is 0.339 e. The molecule has 3 rings (SSSR count). The molecule has 0 bridgehead atoms. The van der Waals surface area contributed by atoms with Crippen LogP contribution in [0.15, 0.2) is 72.9 Å². The smallest absolute Gasteiger partial charge is 0.339 e. The van der Waals surface area contributed by atoms with Crippen molar-refractivity contribution in [3.05, 3.63) is 83.6 Å². The molecule has 0 aliphatic heterocycles. The second kappa shape index (κ2) is 8.27. The van der Waals surface area contributed by atoms with Crippen LogP contribution in [0.5, 0.6) is 0 Å². The van der Waals surface area contributed by atoms with Crippen molar-refractivity contribution in [2.24, 2.45) is 0 Å². The minimum Gasteiger partial charge on any atom is -0.452 e. The monoisotopic (exact) mass is 366 g/mol. The number of rotatable bonds is 5. The first-order valence-corrected chi connectivity index (χ1v) is 8.25. The molecule has 1 heterocycles. The number of carbonyl (C=O) groups is 2. The van der Waals surface area contributed by atoms with Crippen molar-refractivity contribution < 1.29 is 14.3 Å². The third kappa shape index (κ3) is 4.26. The maximum atomic E-state index is 12.4. The first kappa shape index (κ1) is 17.6. The predicted octanol–water partition coefficient (Wildman–Crippen LogP) is 4.20. The van der Waals surface area contributed by atoms with E-state index in [1.54, 1.807) is 24.3 Å². The second-order valence-corrected chi connectivity index (χ2v) is 5.74. The summed E-state index contributed by atoms with van der Waals surface area (Å²) in [5, 5.41) is 2.72. The SMILES string of the molecule is O=C(COC(=O)c1ccccc1-c1ccccc1)Nc1cccnc1Cl. The van der Waals surface area contributed by atoms with Gasteiger partial charge in [-0.1, -0.05) is 60.1 Å². The average Bonchev–Trinajstić information content (AvgIpc) is 2.68. The molecule has 0 unspecified atom stereocenters. The number of nitrogens with one attached hydrogen (secondary N) is 1. The molecule has 1 aromatic heterocycles. The Hall–Kier alpha value is -3.18. The number of anilines is 1. The van der Waals surface area contributed by atoms with Crippen LogP contribution >= 0.6 is 11.6 Å². The van der Waals surface area contributed by atoms with E-state index < -0.39 is 18.5 Å². The number of nitrogens with zero attached hydrogens (tertiary/aromatic N) is 1. The van der Waals surface area contributed by atoms with Crippen LogP contribution in [-0.2, 0) is 9.53 Å².